The summed E-state index contributed by atoms with van der Waals surface area (Å²) in [6.45, 7) is 1.40. The van der Waals surface area contributed by atoms with E-state index in [1.807, 2.05) is 54.6 Å². The maximum absolute atomic E-state index is 12.4. The number of rotatable bonds is 7. The first-order chi connectivity index (χ1) is 15.0. The summed E-state index contributed by atoms with van der Waals surface area (Å²) >= 11 is 0. The standard InChI is InChI=1S/C24H28N2O5/c1-30-23(28)15-18-7-9-20(10-8-18)21-11-13-26(14-12-21)22(27)16-25-24(29)31-17-19-5-3-2-4-6-19/h2-10,21H,11-17H2,1H3,(H,25,29). The van der Waals surface area contributed by atoms with Gasteiger partial charge in [-0.25, -0.2) is 4.79 Å². The van der Waals surface area contributed by atoms with Crippen molar-refractivity contribution in [2.45, 2.75) is 31.8 Å². The number of methoxy groups -OCH3 is 1. The third-order valence-corrected chi connectivity index (χ3v) is 5.47. The van der Waals surface area contributed by atoms with Crippen LogP contribution in [0.1, 0.15) is 35.4 Å². The molecular weight excluding hydrogens is 396 g/mol. The Morgan fingerprint density at radius 1 is 0.968 bits per heavy atom. The van der Waals surface area contributed by atoms with Gasteiger partial charge in [-0.2, -0.15) is 0 Å². The molecule has 0 bridgehead atoms. The molecule has 0 spiro atoms. The van der Waals surface area contributed by atoms with Crippen LogP contribution in [0, 0.1) is 0 Å². The molecule has 3 rings (SSSR count). The van der Waals surface area contributed by atoms with Crippen LogP contribution >= 0.6 is 0 Å². The number of likely N-dealkylation sites (tertiary alicyclic amines) is 1. The lowest BCUT2D eigenvalue weighted by Gasteiger charge is -2.32. The van der Waals surface area contributed by atoms with E-state index >= 15 is 0 Å². The first-order valence-electron chi connectivity index (χ1n) is 10.4. The summed E-state index contributed by atoms with van der Waals surface area (Å²) in [6, 6.07) is 17.4. The van der Waals surface area contributed by atoms with E-state index in [9.17, 15) is 14.4 Å². The van der Waals surface area contributed by atoms with E-state index in [1.54, 1.807) is 4.90 Å². The van der Waals surface area contributed by atoms with Gasteiger partial charge in [-0.15, -0.1) is 0 Å². The summed E-state index contributed by atoms with van der Waals surface area (Å²) in [7, 11) is 1.38. The molecule has 2 aromatic rings. The van der Waals surface area contributed by atoms with Crippen LogP contribution in [0.15, 0.2) is 54.6 Å². The Morgan fingerprint density at radius 3 is 2.29 bits per heavy atom. The lowest BCUT2D eigenvalue weighted by atomic mass is 9.89. The number of amides is 2. The Hall–Kier alpha value is -3.35. The van der Waals surface area contributed by atoms with E-state index in [0.717, 1.165) is 24.0 Å². The molecule has 0 radical (unpaired) electrons. The van der Waals surface area contributed by atoms with Crippen molar-refractivity contribution in [1.82, 2.24) is 10.2 Å². The third-order valence-electron chi connectivity index (χ3n) is 5.47. The minimum Gasteiger partial charge on any atom is -0.469 e. The molecule has 164 valence electrons. The van der Waals surface area contributed by atoms with Gasteiger partial charge >= 0.3 is 12.1 Å². The smallest absolute Gasteiger partial charge is 0.407 e. The van der Waals surface area contributed by atoms with E-state index < -0.39 is 6.09 Å². The van der Waals surface area contributed by atoms with Crippen LogP contribution in [-0.2, 0) is 32.1 Å². The second-order valence-corrected chi connectivity index (χ2v) is 7.56. The zero-order valence-electron chi connectivity index (χ0n) is 17.7. The molecule has 0 unspecified atom stereocenters. The molecule has 1 saturated heterocycles. The maximum atomic E-state index is 12.4. The highest BCUT2D eigenvalue weighted by molar-refractivity contribution is 5.82. The molecule has 0 saturated carbocycles. The Balaban J connectivity index is 1.38. The summed E-state index contributed by atoms with van der Waals surface area (Å²) < 4.78 is 9.82. The predicted molar refractivity (Wildman–Crippen MR) is 115 cm³/mol. The van der Waals surface area contributed by atoms with Gasteiger partial charge in [-0.3, -0.25) is 9.59 Å². The van der Waals surface area contributed by atoms with Crippen LogP contribution in [0.4, 0.5) is 4.79 Å². The van der Waals surface area contributed by atoms with Crippen LogP contribution in [0.5, 0.6) is 0 Å². The van der Waals surface area contributed by atoms with Gasteiger partial charge < -0.3 is 19.7 Å². The van der Waals surface area contributed by atoms with E-state index in [2.05, 4.69) is 5.32 Å². The van der Waals surface area contributed by atoms with Crippen LogP contribution in [0.2, 0.25) is 0 Å². The number of hydrogen-bond acceptors (Lipinski definition) is 5. The fourth-order valence-electron chi connectivity index (χ4n) is 3.64. The van der Waals surface area contributed by atoms with Crippen LogP contribution < -0.4 is 5.32 Å². The Bertz CT molecular complexity index is 875. The predicted octanol–water partition coefficient (Wildman–Crippen LogP) is 3.03. The van der Waals surface area contributed by atoms with Gasteiger partial charge in [0, 0.05) is 13.1 Å². The van der Waals surface area contributed by atoms with Crippen molar-refractivity contribution in [2.24, 2.45) is 0 Å². The van der Waals surface area contributed by atoms with Crippen molar-refractivity contribution in [1.29, 1.82) is 0 Å². The number of nitrogens with one attached hydrogen (secondary N) is 1. The first kappa shape index (κ1) is 22.3. The minimum absolute atomic E-state index is 0.0689. The van der Waals surface area contributed by atoms with Gasteiger partial charge in [0.15, 0.2) is 0 Å². The summed E-state index contributed by atoms with van der Waals surface area (Å²) in [5.41, 5.74) is 3.03. The van der Waals surface area contributed by atoms with Crippen molar-refractivity contribution in [2.75, 3.05) is 26.7 Å². The highest BCUT2D eigenvalue weighted by Gasteiger charge is 2.24. The second kappa shape index (κ2) is 11.2. The molecule has 0 aromatic heterocycles. The summed E-state index contributed by atoms with van der Waals surface area (Å²) in [5, 5.41) is 2.53. The number of piperidine rings is 1. The second-order valence-electron chi connectivity index (χ2n) is 7.56. The van der Waals surface area contributed by atoms with Crippen molar-refractivity contribution in [3.8, 4) is 0 Å². The van der Waals surface area contributed by atoms with Gasteiger partial charge in [0.25, 0.3) is 0 Å². The van der Waals surface area contributed by atoms with Crippen LogP contribution in [0.25, 0.3) is 0 Å². The fourth-order valence-corrected chi connectivity index (χ4v) is 3.64. The normalized spacial score (nSPS) is 14.0. The first-order valence-corrected chi connectivity index (χ1v) is 10.4. The summed E-state index contributed by atoms with van der Waals surface area (Å²) in [5.74, 6) is 0.0145. The molecule has 1 heterocycles. The Morgan fingerprint density at radius 2 is 1.65 bits per heavy atom. The molecule has 7 nitrogen and oxygen atoms in total. The fraction of sp³-hybridized carbons (Fsp3) is 0.375. The number of ether oxygens (including phenoxy) is 2. The van der Waals surface area contributed by atoms with E-state index in [1.165, 1.54) is 12.7 Å². The molecule has 7 heteroatoms. The monoisotopic (exact) mass is 424 g/mol. The topological polar surface area (TPSA) is 84.9 Å². The number of benzene rings is 2. The zero-order valence-corrected chi connectivity index (χ0v) is 17.7. The number of esters is 1. The summed E-state index contributed by atoms with van der Waals surface area (Å²) in [4.78, 5) is 37.4. The summed E-state index contributed by atoms with van der Waals surface area (Å²) in [6.07, 6.45) is 1.39. The lowest BCUT2D eigenvalue weighted by Crippen LogP contribution is -2.43. The average molecular weight is 424 g/mol. The Labute approximate surface area is 182 Å². The van der Waals surface area contributed by atoms with Gasteiger partial charge in [0.1, 0.15) is 13.2 Å². The number of carbonyl (C=O) groups excluding carboxylic acids is 3. The lowest BCUT2D eigenvalue weighted by molar-refractivity contribution is -0.139. The molecule has 0 atom stereocenters. The molecule has 31 heavy (non-hydrogen) atoms. The zero-order chi connectivity index (χ0) is 22.1. The molecule has 1 aliphatic rings. The van der Waals surface area contributed by atoms with Crippen LogP contribution in [-0.4, -0.2) is 49.6 Å². The molecule has 1 N–H and O–H groups in total. The number of carbonyl (C=O) groups is 3. The van der Waals surface area contributed by atoms with Gasteiger partial charge in [0.05, 0.1) is 13.5 Å². The number of nitrogens with zero attached hydrogens (tertiary/aromatic N) is 1. The van der Waals surface area contributed by atoms with E-state index in [-0.39, 0.29) is 31.4 Å². The number of hydrogen-bond donors (Lipinski definition) is 1. The molecule has 1 aliphatic heterocycles. The molecular formula is C24H28N2O5. The van der Waals surface area contributed by atoms with Crippen molar-refractivity contribution < 1.29 is 23.9 Å². The molecule has 1 fully saturated rings. The van der Waals surface area contributed by atoms with Crippen molar-refractivity contribution in [3.05, 3.63) is 71.3 Å². The van der Waals surface area contributed by atoms with Crippen molar-refractivity contribution in [3.63, 3.8) is 0 Å². The SMILES string of the molecule is COC(=O)Cc1ccc(C2CCN(C(=O)CNC(=O)OCc3ccccc3)CC2)cc1. The minimum atomic E-state index is -0.598. The average Bonchev–Trinajstić information content (AvgIpc) is 2.82. The van der Waals surface area contributed by atoms with Crippen LogP contribution in [0.3, 0.4) is 0 Å². The highest BCUT2D eigenvalue weighted by Crippen LogP contribution is 2.28. The van der Waals surface area contributed by atoms with E-state index in [0.29, 0.717) is 19.0 Å². The van der Waals surface area contributed by atoms with E-state index in [4.69, 9.17) is 9.47 Å². The van der Waals surface area contributed by atoms with Gasteiger partial charge in [-0.1, -0.05) is 54.6 Å². The third kappa shape index (κ3) is 6.84. The molecule has 0 aliphatic carbocycles. The largest absolute Gasteiger partial charge is 0.469 e. The Kier molecular flexibility index (Phi) is 8.04. The van der Waals surface area contributed by atoms with Gasteiger partial charge in [0.2, 0.25) is 5.91 Å². The number of alkyl carbamates (subject to hydrolysis) is 1. The molecule has 2 aromatic carbocycles. The quantitative estimate of drug-likeness (QED) is 0.691. The maximum Gasteiger partial charge on any atom is 0.407 e. The van der Waals surface area contributed by atoms with Crippen molar-refractivity contribution >= 4 is 18.0 Å². The molecule has 2 amide bonds. The van der Waals surface area contributed by atoms with Gasteiger partial charge in [-0.05, 0) is 35.4 Å². The highest BCUT2D eigenvalue weighted by atomic mass is 16.5.